The van der Waals surface area contributed by atoms with Gasteiger partial charge in [-0.25, -0.2) is 0 Å². The van der Waals surface area contributed by atoms with Crippen LogP contribution in [-0.4, -0.2) is 22.0 Å². The van der Waals surface area contributed by atoms with Crippen LogP contribution in [0, 0.1) is 0 Å². The van der Waals surface area contributed by atoms with Gasteiger partial charge in [0.15, 0.2) is 0 Å². The fraction of sp³-hybridized carbons (Fsp3) is 0.818. The maximum Gasteiger partial charge on any atom is 0.0408 e. The zero-order valence-electron chi connectivity index (χ0n) is 16.2. The third-order valence-corrected chi connectivity index (χ3v) is 7.04. The fourth-order valence-electron chi connectivity index (χ4n) is 2.99. The van der Waals surface area contributed by atoms with Crippen molar-refractivity contribution in [2.24, 2.45) is 0 Å². The minimum Gasteiger partial charge on any atom is -0.150 e. The van der Waals surface area contributed by atoms with E-state index in [2.05, 4.69) is 61.7 Å². The molecule has 2 heteroatoms. The number of hydrogen-bond donors (Lipinski definition) is 0. The van der Waals surface area contributed by atoms with Crippen LogP contribution in [0.5, 0.6) is 0 Å². The molecule has 1 aliphatic carbocycles. The summed E-state index contributed by atoms with van der Waals surface area (Å²) in [5, 5.41) is 1.26. The van der Waals surface area contributed by atoms with Crippen molar-refractivity contribution < 1.29 is 0 Å². The summed E-state index contributed by atoms with van der Waals surface area (Å²) in [5.74, 6) is 2.64. The molecule has 0 fully saturated rings. The Balaban J connectivity index is 1.93. The largest absolute Gasteiger partial charge is 0.150 e. The van der Waals surface area contributed by atoms with Crippen molar-refractivity contribution in [1.29, 1.82) is 0 Å². The minimum absolute atomic E-state index is 0.631. The molecule has 0 aromatic rings. The van der Waals surface area contributed by atoms with E-state index in [-0.39, 0.29) is 0 Å². The van der Waals surface area contributed by atoms with Gasteiger partial charge in [-0.2, -0.15) is 23.5 Å². The van der Waals surface area contributed by atoms with E-state index in [9.17, 15) is 0 Å². The van der Waals surface area contributed by atoms with Gasteiger partial charge in [0, 0.05) is 10.5 Å². The Morgan fingerprint density at radius 1 is 0.500 bits per heavy atom. The maximum absolute atomic E-state index is 2.43. The summed E-state index contributed by atoms with van der Waals surface area (Å²) in [5.41, 5.74) is 0. The summed E-state index contributed by atoms with van der Waals surface area (Å²) < 4.78 is 0. The van der Waals surface area contributed by atoms with Gasteiger partial charge in [-0.15, -0.1) is 0 Å². The predicted octanol–water partition coefficient (Wildman–Crippen LogP) is 8.04. The highest BCUT2D eigenvalue weighted by Crippen LogP contribution is 2.25. The molecule has 0 amide bonds. The van der Waals surface area contributed by atoms with E-state index in [0.29, 0.717) is 10.5 Å². The topological polar surface area (TPSA) is 0 Å². The second-order valence-corrected chi connectivity index (χ2v) is 9.55. The molecule has 24 heavy (non-hydrogen) atoms. The summed E-state index contributed by atoms with van der Waals surface area (Å²) in [4.78, 5) is 0. The summed E-state index contributed by atoms with van der Waals surface area (Å²) in [6.45, 7) is 4.58. The minimum atomic E-state index is 0.631. The van der Waals surface area contributed by atoms with E-state index in [1.165, 1.54) is 88.6 Å². The van der Waals surface area contributed by atoms with Gasteiger partial charge in [-0.05, 0) is 24.3 Å². The number of rotatable bonds is 16. The van der Waals surface area contributed by atoms with E-state index < -0.39 is 0 Å². The summed E-state index contributed by atoms with van der Waals surface area (Å²) in [7, 11) is 0. The standard InChI is InChI=1S/C22H40S2/c1-3-5-7-9-11-13-19-23-21-15-17-22(18-16-21)24-20-14-12-10-8-6-4-2/h15-18,21-22H,3-14,19-20H2,1-2H3. The van der Waals surface area contributed by atoms with Gasteiger partial charge in [0.25, 0.3) is 0 Å². The van der Waals surface area contributed by atoms with Crippen LogP contribution < -0.4 is 0 Å². The Labute approximate surface area is 160 Å². The molecular formula is C22H40S2. The van der Waals surface area contributed by atoms with E-state index >= 15 is 0 Å². The fourth-order valence-corrected chi connectivity index (χ4v) is 5.09. The molecule has 0 radical (unpaired) electrons. The SMILES string of the molecule is CCCCCCCCSC1C=CC(SCCCCCCCC)C=C1. The number of unbranched alkanes of at least 4 members (excludes halogenated alkanes) is 10. The lowest BCUT2D eigenvalue weighted by atomic mass is 10.1. The molecule has 0 heterocycles. The first-order chi connectivity index (χ1) is 11.9. The average Bonchev–Trinajstić information content (AvgIpc) is 2.61. The predicted molar refractivity (Wildman–Crippen MR) is 118 cm³/mol. The van der Waals surface area contributed by atoms with Crippen LogP contribution in [0.2, 0.25) is 0 Å². The third kappa shape index (κ3) is 12.5. The Kier molecular flexibility index (Phi) is 15.4. The maximum atomic E-state index is 2.43. The molecule has 140 valence electrons. The Morgan fingerprint density at radius 3 is 1.21 bits per heavy atom. The first kappa shape index (κ1) is 22.2. The van der Waals surface area contributed by atoms with E-state index in [1.807, 2.05) is 0 Å². The monoisotopic (exact) mass is 368 g/mol. The lowest BCUT2D eigenvalue weighted by Gasteiger charge is -2.16. The van der Waals surface area contributed by atoms with Crippen molar-refractivity contribution in [3.63, 3.8) is 0 Å². The molecule has 0 nitrogen and oxygen atoms in total. The molecule has 0 bridgehead atoms. The summed E-state index contributed by atoms with van der Waals surface area (Å²) >= 11 is 4.24. The van der Waals surface area contributed by atoms with Gasteiger partial charge in [-0.3, -0.25) is 0 Å². The molecule has 1 aliphatic rings. The quantitative estimate of drug-likeness (QED) is 0.200. The van der Waals surface area contributed by atoms with Gasteiger partial charge in [-0.1, -0.05) is 102 Å². The molecule has 0 saturated heterocycles. The van der Waals surface area contributed by atoms with Gasteiger partial charge in [0.05, 0.1) is 0 Å². The molecule has 0 unspecified atom stereocenters. The zero-order valence-corrected chi connectivity index (χ0v) is 17.8. The Bertz CT molecular complexity index is 278. The highest BCUT2D eigenvalue weighted by atomic mass is 32.2. The number of hydrogen-bond acceptors (Lipinski definition) is 2. The van der Waals surface area contributed by atoms with Crippen LogP contribution in [0.1, 0.15) is 90.9 Å². The van der Waals surface area contributed by atoms with Crippen LogP contribution in [0.15, 0.2) is 24.3 Å². The van der Waals surface area contributed by atoms with Gasteiger partial charge in [0.1, 0.15) is 0 Å². The molecule has 0 aromatic carbocycles. The molecule has 0 aliphatic heterocycles. The molecule has 0 aromatic heterocycles. The summed E-state index contributed by atoms with van der Waals surface area (Å²) in [6.07, 6.45) is 26.6. The van der Waals surface area contributed by atoms with Crippen molar-refractivity contribution in [1.82, 2.24) is 0 Å². The molecule has 0 saturated carbocycles. The van der Waals surface area contributed by atoms with Crippen molar-refractivity contribution in [3.8, 4) is 0 Å². The zero-order chi connectivity index (χ0) is 17.3. The van der Waals surface area contributed by atoms with Crippen LogP contribution in [-0.2, 0) is 0 Å². The first-order valence-electron chi connectivity index (χ1n) is 10.5. The molecular weight excluding hydrogens is 328 g/mol. The van der Waals surface area contributed by atoms with Gasteiger partial charge < -0.3 is 0 Å². The van der Waals surface area contributed by atoms with Crippen LogP contribution in [0.25, 0.3) is 0 Å². The number of thioether (sulfide) groups is 2. The molecule has 1 rings (SSSR count). The molecule has 0 N–H and O–H groups in total. The normalized spacial score (nSPS) is 19.9. The van der Waals surface area contributed by atoms with E-state index in [0.717, 1.165) is 0 Å². The molecule has 0 atom stereocenters. The third-order valence-electron chi connectivity index (χ3n) is 4.60. The van der Waals surface area contributed by atoms with Gasteiger partial charge in [0.2, 0.25) is 0 Å². The average molecular weight is 369 g/mol. The second-order valence-electron chi connectivity index (χ2n) is 6.98. The van der Waals surface area contributed by atoms with Crippen molar-refractivity contribution in [3.05, 3.63) is 24.3 Å². The Hall–Kier alpha value is 0.180. The van der Waals surface area contributed by atoms with E-state index in [4.69, 9.17) is 0 Å². The highest BCUT2D eigenvalue weighted by molar-refractivity contribution is 8.00. The van der Waals surface area contributed by atoms with Crippen LogP contribution >= 0.6 is 23.5 Å². The van der Waals surface area contributed by atoms with Crippen molar-refractivity contribution >= 4 is 23.5 Å². The lowest BCUT2D eigenvalue weighted by molar-refractivity contribution is 0.627. The Morgan fingerprint density at radius 2 is 0.833 bits per heavy atom. The first-order valence-corrected chi connectivity index (χ1v) is 12.6. The van der Waals surface area contributed by atoms with Crippen molar-refractivity contribution in [2.75, 3.05) is 11.5 Å². The van der Waals surface area contributed by atoms with Gasteiger partial charge >= 0.3 is 0 Å². The smallest absolute Gasteiger partial charge is 0.0408 e. The summed E-state index contributed by atoms with van der Waals surface area (Å²) in [6, 6.07) is 0. The van der Waals surface area contributed by atoms with Crippen LogP contribution in [0.3, 0.4) is 0 Å². The second kappa shape index (κ2) is 16.6. The van der Waals surface area contributed by atoms with Crippen LogP contribution in [0.4, 0.5) is 0 Å². The highest BCUT2D eigenvalue weighted by Gasteiger charge is 2.09. The van der Waals surface area contributed by atoms with Crippen molar-refractivity contribution in [2.45, 2.75) is 101 Å². The van der Waals surface area contributed by atoms with E-state index in [1.54, 1.807) is 0 Å². The lowest BCUT2D eigenvalue weighted by Crippen LogP contribution is -2.06. The molecule has 0 spiro atoms.